The number of carbonyl (C=O) groups is 1. The van der Waals surface area contributed by atoms with E-state index in [0.717, 1.165) is 24.3 Å². The summed E-state index contributed by atoms with van der Waals surface area (Å²) in [5.41, 5.74) is -1.16. The molecule has 7 nitrogen and oxygen atoms in total. The van der Waals surface area contributed by atoms with E-state index in [0.29, 0.717) is 12.1 Å². The van der Waals surface area contributed by atoms with Gasteiger partial charge in [-0.25, -0.2) is 8.78 Å². The molecule has 0 atom stereocenters. The normalized spacial score (nSPS) is 12.2. The molecule has 2 aromatic carbocycles. The fourth-order valence-electron chi connectivity index (χ4n) is 1.97. The lowest BCUT2D eigenvalue weighted by Crippen LogP contribution is -2.17. The molecule has 0 aromatic heterocycles. The van der Waals surface area contributed by atoms with E-state index >= 15 is 0 Å². The zero-order chi connectivity index (χ0) is 18.3. The van der Waals surface area contributed by atoms with Gasteiger partial charge in [0.2, 0.25) is 0 Å². The van der Waals surface area contributed by atoms with Crippen molar-refractivity contribution in [3.63, 3.8) is 0 Å². The van der Waals surface area contributed by atoms with Crippen molar-refractivity contribution in [2.45, 2.75) is 9.79 Å². The van der Waals surface area contributed by atoms with Gasteiger partial charge in [0, 0.05) is 11.1 Å². The minimum absolute atomic E-state index is 0.255. The molecule has 0 aliphatic heterocycles. The third kappa shape index (κ3) is 3.48. The Morgan fingerprint density at radius 2 is 1.29 bits per heavy atom. The van der Waals surface area contributed by atoms with E-state index < -0.39 is 53.0 Å². The van der Waals surface area contributed by atoms with Crippen molar-refractivity contribution in [3.05, 3.63) is 59.2 Å². The highest BCUT2D eigenvalue weighted by Crippen LogP contribution is 2.29. The Morgan fingerprint density at radius 1 is 0.792 bits per heavy atom. The molecule has 2 aromatic rings. The highest BCUT2D eigenvalue weighted by molar-refractivity contribution is 7.89. The second kappa shape index (κ2) is 6.02. The van der Waals surface area contributed by atoms with Gasteiger partial charge in [0.1, 0.15) is 16.5 Å². The van der Waals surface area contributed by atoms with Gasteiger partial charge in [-0.05, 0) is 36.4 Å². The number of carbonyl (C=O) groups excluding carboxylic acids is 1. The monoisotopic (exact) mass is 378 g/mol. The summed E-state index contributed by atoms with van der Waals surface area (Å²) in [6.45, 7) is 0. The van der Waals surface area contributed by atoms with Crippen molar-refractivity contribution in [2.75, 3.05) is 0 Å². The Balaban J connectivity index is 2.85. The van der Waals surface area contributed by atoms with Crippen LogP contribution in [0.2, 0.25) is 0 Å². The van der Waals surface area contributed by atoms with Gasteiger partial charge in [0.05, 0.1) is 0 Å². The predicted octanol–water partition coefficient (Wildman–Crippen LogP) is 1.69. The van der Waals surface area contributed by atoms with Gasteiger partial charge in [-0.1, -0.05) is 0 Å². The van der Waals surface area contributed by atoms with Crippen LogP contribution in [0.25, 0.3) is 0 Å². The van der Waals surface area contributed by atoms with Crippen LogP contribution < -0.4 is 0 Å². The lowest BCUT2D eigenvalue weighted by Gasteiger charge is -2.11. The third-order valence-electron chi connectivity index (χ3n) is 2.93. The van der Waals surface area contributed by atoms with Gasteiger partial charge >= 0.3 is 0 Å². The molecule has 0 heterocycles. The van der Waals surface area contributed by atoms with Gasteiger partial charge < -0.3 is 0 Å². The standard InChI is InChI=1S/C13H8F2O7S2/c14-8-3-1-7(2-4-8)11(16)9-5-6-10(15)13(24(20,21)22)12(9)23(17,18)19/h1-6H,(H,17,18,19)(H,20,21,22). The quantitative estimate of drug-likeness (QED) is 0.612. The maximum atomic E-state index is 13.7. The van der Waals surface area contributed by atoms with E-state index in [-0.39, 0.29) is 5.56 Å². The van der Waals surface area contributed by atoms with Crippen molar-refractivity contribution in [1.29, 1.82) is 0 Å². The van der Waals surface area contributed by atoms with Crippen LogP contribution in [-0.4, -0.2) is 31.7 Å². The molecule has 0 radical (unpaired) electrons. The number of rotatable bonds is 4. The Bertz CT molecular complexity index is 1030. The average molecular weight is 378 g/mol. The van der Waals surface area contributed by atoms with Gasteiger partial charge in [-0.15, -0.1) is 0 Å². The Hall–Kier alpha value is -2.21. The fourth-order valence-corrected chi connectivity index (χ4v) is 4.03. The molecular formula is C13H8F2O7S2. The first kappa shape index (κ1) is 18.1. The largest absolute Gasteiger partial charge is 0.298 e. The van der Waals surface area contributed by atoms with Gasteiger partial charge in [0.25, 0.3) is 20.2 Å². The maximum absolute atomic E-state index is 13.7. The average Bonchev–Trinajstić information content (AvgIpc) is 2.44. The van der Waals surface area contributed by atoms with Gasteiger partial charge in [-0.2, -0.15) is 16.8 Å². The second-order valence-corrected chi connectivity index (χ2v) is 7.26. The molecule has 2 N–H and O–H groups in total. The Kier molecular flexibility index (Phi) is 4.55. The lowest BCUT2D eigenvalue weighted by atomic mass is 10.0. The summed E-state index contributed by atoms with van der Waals surface area (Å²) < 4.78 is 90.2. The molecule has 0 fully saturated rings. The van der Waals surface area contributed by atoms with E-state index in [2.05, 4.69) is 0 Å². The van der Waals surface area contributed by atoms with Crippen LogP contribution in [-0.2, 0) is 20.2 Å². The van der Waals surface area contributed by atoms with E-state index in [4.69, 9.17) is 4.55 Å². The number of halogens is 2. The molecule has 11 heteroatoms. The van der Waals surface area contributed by atoms with Crippen molar-refractivity contribution in [3.8, 4) is 0 Å². The summed E-state index contributed by atoms with van der Waals surface area (Å²) in [6, 6.07) is 4.78. The Morgan fingerprint density at radius 3 is 1.75 bits per heavy atom. The number of ketones is 1. The number of benzene rings is 2. The molecule has 0 amide bonds. The highest BCUT2D eigenvalue weighted by atomic mass is 32.2. The fraction of sp³-hybridized carbons (Fsp3) is 0. The molecule has 0 aliphatic rings. The summed E-state index contributed by atoms with van der Waals surface area (Å²) >= 11 is 0. The lowest BCUT2D eigenvalue weighted by molar-refractivity contribution is 0.103. The summed E-state index contributed by atoms with van der Waals surface area (Å²) in [4.78, 5) is 8.97. The van der Waals surface area contributed by atoms with Crippen LogP contribution in [0, 0.1) is 11.6 Å². The molecule has 0 spiro atoms. The molecule has 0 saturated carbocycles. The zero-order valence-electron chi connectivity index (χ0n) is 11.5. The third-order valence-corrected chi connectivity index (χ3v) is 4.92. The summed E-state index contributed by atoms with van der Waals surface area (Å²) in [7, 11) is -10.8. The SMILES string of the molecule is O=C(c1ccc(F)cc1)c1ccc(F)c(S(=O)(=O)O)c1S(=O)(=O)O. The van der Waals surface area contributed by atoms with Crippen molar-refractivity contribution >= 4 is 26.0 Å². The summed E-state index contributed by atoms with van der Waals surface area (Å²) in [5, 5.41) is 0. The van der Waals surface area contributed by atoms with Crippen molar-refractivity contribution in [1.82, 2.24) is 0 Å². The minimum Gasteiger partial charge on any atom is -0.289 e. The number of hydrogen-bond donors (Lipinski definition) is 2. The van der Waals surface area contributed by atoms with Crippen LogP contribution in [0.1, 0.15) is 15.9 Å². The molecule has 0 bridgehead atoms. The second-order valence-electron chi connectivity index (χ2n) is 4.54. The Labute approximate surface area is 135 Å². The van der Waals surface area contributed by atoms with E-state index in [9.17, 15) is 35.0 Å². The minimum atomic E-state index is -5.42. The van der Waals surface area contributed by atoms with Crippen LogP contribution in [0.5, 0.6) is 0 Å². The first-order valence-electron chi connectivity index (χ1n) is 6.00. The molecule has 2 rings (SSSR count). The molecule has 0 saturated heterocycles. The molecule has 0 unspecified atom stereocenters. The van der Waals surface area contributed by atoms with E-state index in [1.54, 1.807) is 0 Å². The van der Waals surface area contributed by atoms with Crippen LogP contribution >= 0.6 is 0 Å². The summed E-state index contributed by atoms with van der Waals surface area (Å²) in [6.07, 6.45) is 0. The van der Waals surface area contributed by atoms with Crippen LogP contribution in [0.4, 0.5) is 8.78 Å². The molecule has 0 aliphatic carbocycles. The first-order valence-corrected chi connectivity index (χ1v) is 8.88. The van der Waals surface area contributed by atoms with Crippen molar-refractivity contribution < 1.29 is 39.5 Å². The predicted molar refractivity (Wildman–Crippen MR) is 75.9 cm³/mol. The molecule has 24 heavy (non-hydrogen) atoms. The smallest absolute Gasteiger partial charge is 0.289 e. The van der Waals surface area contributed by atoms with Crippen LogP contribution in [0.15, 0.2) is 46.2 Å². The van der Waals surface area contributed by atoms with Gasteiger partial charge in [0.15, 0.2) is 10.7 Å². The topological polar surface area (TPSA) is 126 Å². The van der Waals surface area contributed by atoms with Crippen molar-refractivity contribution in [2.24, 2.45) is 0 Å². The first-order chi connectivity index (χ1) is 10.9. The highest BCUT2D eigenvalue weighted by Gasteiger charge is 2.33. The van der Waals surface area contributed by atoms with E-state index in [1.807, 2.05) is 0 Å². The zero-order valence-corrected chi connectivity index (χ0v) is 13.1. The summed E-state index contributed by atoms with van der Waals surface area (Å²) in [5.74, 6) is -3.51. The number of hydrogen-bond acceptors (Lipinski definition) is 5. The maximum Gasteiger partial charge on any atom is 0.298 e. The van der Waals surface area contributed by atoms with E-state index in [1.165, 1.54) is 0 Å². The van der Waals surface area contributed by atoms with Crippen LogP contribution in [0.3, 0.4) is 0 Å². The molecular weight excluding hydrogens is 370 g/mol. The van der Waals surface area contributed by atoms with Gasteiger partial charge in [-0.3, -0.25) is 13.9 Å². The molecule has 128 valence electrons.